The van der Waals surface area contributed by atoms with Gasteiger partial charge in [0.05, 0.1) is 16.1 Å². The van der Waals surface area contributed by atoms with Gasteiger partial charge in [-0.15, -0.1) is 0 Å². The maximum absolute atomic E-state index is 12.3. The molecule has 2 aromatic rings. The zero-order valence-corrected chi connectivity index (χ0v) is 17.7. The molecule has 0 atom stereocenters. The third kappa shape index (κ3) is 3.70. The lowest BCUT2D eigenvalue weighted by Crippen LogP contribution is -2.17. The van der Waals surface area contributed by atoms with Crippen LogP contribution in [0.4, 0.5) is 0 Å². The van der Waals surface area contributed by atoms with Gasteiger partial charge in [-0.05, 0) is 23.1 Å². The molecule has 0 N–H and O–H groups in total. The van der Waals surface area contributed by atoms with Gasteiger partial charge in [0.15, 0.2) is 0 Å². The van der Waals surface area contributed by atoms with Gasteiger partial charge in [0.25, 0.3) is 0 Å². The second kappa shape index (κ2) is 7.52. The lowest BCUT2D eigenvalue weighted by atomic mass is 9.86. The van der Waals surface area contributed by atoms with E-state index in [4.69, 9.17) is 56.2 Å². The van der Waals surface area contributed by atoms with Crippen molar-refractivity contribution in [1.82, 2.24) is 0 Å². The predicted molar refractivity (Wildman–Crippen MR) is 104 cm³/mol. The highest BCUT2D eigenvalue weighted by Crippen LogP contribution is 2.47. The Bertz CT molecular complexity index is 997. The van der Waals surface area contributed by atoms with Gasteiger partial charge >= 0.3 is 11.9 Å². The van der Waals surface area contributed by atoms with Crippen molar-refractivity contribution in [3.05, 3.63) is 55.0 Å². The van der Waals surface area contributed by atoms with E-state index in [1.54, 1.807) is 0 Å². The molecule has 28 heavy (non-hydrogen) atoms. The summed E-state index contributed by atoms with van der Waals surface area (Å²) in [5.41, 5.74) is -0.0332. The van der Waals surface area contributed by atoms with E-state index >= 15 is 0 Å². The van der Waals surface area contributed by atoms with E-state index in [-0.39, 0.29) is 37.7 Å². The van der Waals surface area contributed by atoms with Gasteiger partial charge in [0.1, 0.15) is 10.0 Å². The molecule has 0 fully saturated rings. The largest absolute Gasteiger partial charge is 0.388 e. The summed E-state index contributed by atoms with van der Waals surface area (Å²) in [5.74, 6) is -1.98. The van der Waals surface area contributed by atoms with Crippen LogP contribution in [0.25, 0.3) is 0 Å². The van der Waals surface area contributed by atoms with Crippen LogP contribution < -0.4 is 9.78 Å². The maximum Gasteiger partial charge on any atom is 0.388 e. The topological polar surface area (TPSA) is 71.1 Å². The molecule has 1 aliphatic rings. The van der Waals surface area contributed by atoms with Crippen molar-refractivity contribution >= 4 is 58.3 Å². The summed E-state index contributed by atoms with van der Waals surface area (Å²) in [6.45, 7) is 5.66. The third-order valence-corrected chi connectivity index (χ3v) is 5.26. The average Bonchev–Trinajstić information content (AvgIpc) is 2.85. The number of fused-ring (bicyclic) bond motifs is 2. The highest BCUT2D eigenvalue weighted by molar-refractivity contribution is 6.40. The summed E-state index contributed by atoms with van der Waals surface area (Å²) in [6, 6.07) is 4.08. The Balaban J connectivity index is 1.80. The van der Waals surface area contributed by atoms with Crippen molar-refractivity contribution in [2.45, 2.75) is 26.2 Å². The molecule has 1 heterocycles. The van der Waals surface area contributed by atoms with Gasteiger partial charge in [0.2, 0.25) is 11.5 Å². The van der Waals surface area contributed by atoms with Crippen molar-refractivity contribution in [3.8, 4) is 11.5 Å². The number of hydrogen-bond acceptors (Lipinski definition) is 6. The number of rotatable bonds is 2. The molecule has 0 radical (unpaired) electrons. The molecule has 0 aromatic heterocycles. The van der Waals surface area contributed by atoms with E-state index in [2.05, 4.69) is 9.78 Å². The van der Waals surface area contributed by atoms with Crippen LogP contribution >= 0.6 is 46.4 Å². The fourth-order valence-corrected chi connectivity index (χ4v) is 4.05. The molecule has 0 spiro atoms. The summed E-state index contributed by atoms with van der Waals surface area (Å²) in [6.07, 6.45) is 0. The monoisotopic (exact) mass is 464 g/mol. The van der Waals surface area contributed by atoms with Crippen LogP contribution in [0.1, 0.15) is 47.1 Å². The van der Waals surface area contributed by atoms with Gasteiger partial charge in [0, 0.05) is 11.1 Å². The second-order valence-electron chi connectivity index (χ2n) is 6.82. The highest BCUT2D eigenvalue weighted by atomic mass is 35.5. The Labute approximate surface area is 180 Å². The van der Waals surface area contributed by atoms with E-state index in [9.17, 15) is 9.59 Å². The molecule has 2 bridgehead atoms. The minimum absolute atomic E-state index is 0.0108. The molecule has 10 heteroatoms. The van der Waals surface area contributed by atoms with Gasteiger partial charge in [-0.1, -0.05) is 67.2 Å². The predicted octanol–water partition coefficient (Wildman–Crippen LogP) is 6.21. The van der Waals surface area contributed by atoms with Crippen LogP contribution in [-0.4, -0.2) is 11.9 Å². The molecular formula is C18H12Cl4O6. The van der Waals surface area contributed by atoms with Crippen molar-refractivity contribution in [2.24, 2.45) is 0 Å². The van der Waals surface area contributed by atoms with Gasteiger partial charge in [-0.2, -0.15) is 0 Å². The van der Waals surface area contributed by atoms with Gasteiger partial charge in [-0.25, -0.2) is 19.4 Å². The van der Waals surface area contributed by atoms with Crippen LogP contribution in [0, 0.1) is 0 Å². The fourth-order valence-electron chi connectivity index (χ4n) is 2.52. The smallest absolute Gasteiger partial charge is 0.288 e. The number of halogens is 4. The Morgan fingerprint density at radius 3 is 2.07 bits per heavy atom. The second-order valence-corrected chi connectivity index (χ2v) is 8.36. The Morgan fingerprint density at radius 1 is 0.857 bits per heavy atom. The minimum atomic E-state index is -1.05. The summed E-state index contributed by atoms with van der Waals surface area (Å²) in [4.78, 5) is 43.4. The first kappa shape index (κ1) is 20.9. The third-order valence-electron chi connectivity index (χ3n) is 3.82. The standard InChI is InChI=1S/C18H12Cl4O6/c1-18(2,3)11-9(19)5-4-7(12(11)20)16(23)27-28-17(24)8-6-10-14(22)15(13(8)21)26-25-10/h4-6H,1-3H3. The number of benzene rings is 2. The molecule has 0 unspecified atom stereocenters. The van der Waals surface area contributed by atoms with Crippen molar-refractivity contribution < 1.29 is 29.1 Å². The highest BCUT2D eigenvalue weighted by Gasteiger charge is 2.31. The Hall–Kier alpha value is -1.86. The molecule has 2 aromatic carbocycles. The lowest BCUT2D eigenvalue weighted by molar-refractivity contribution is -0.187. The fraction of sp³-hybridized carbons (Fsp3) is 0.222. The van der Waals surface area contributed by atoms with Gasteiger partial charge < -0.3 is 0 Å². The van der Waals surface area contributed by atoms with E-state index in [1.165, 1.54) is 18.2 Å². The van der Waals surface area contributed by atoms with Crippen LogP contribution in [0.2, 0.25) is 20.1 Å². The van der Waals surface area contributed by atoms with Crippen LogP contribution in [0.3, 0.4) is 0 Å². The SMILES string of the molecule is CC(C)(C)c1c(Cl)ccc(C(=O)OOC(=O)c2cc3c(Cl)c(c2Cl)OO3)c1Cl. The van der Waals surface area contributed by atoms with E-state index in [1.807, 2.05) is 20.8 Å². The first-order valence-electron chi connectivity index (χ1n) is 7.80. The quantitative estimate of drug-likeness (QED) is 0.387. The Morgan fingerprint density at radius 2 is 1.46 bits per heavy atom. The lowest BCUT2D eigenvalue weighted by Gasteiger charge is -2.23. The van der Waals surface area contributed by atoms with Crippen LogP contribution in [0.15, 0.2) is 18.2 Å². The zero-order chi connectivity index (χ0) is 20.8. The molecule has 3 rings (SSSR count). The summed E-state index contributed by atoms with van der Waals surface area (Å²) in [7, 11) is 0. The molecule has 6 nitrogen and oxygen atoms in total. The average molecular weight is 466 g/mol. The molecule has 0 saturated heterocycles. The van der Waals surface area contributed by atoms with Crippen LogP contribution in [-0.2, 0) is 15.2 Å². The molecule has 0 saturated carbocycles. The maximum atomic E-state index is 12.3. The summed E-state index contributed by atoms with van der Waals surface area (Å²) < 4.78 is 0. The minimum Gasteiger partial charge on any atom is -0.288 e. The summed E-state index contributed by atoms with van der Waals surface area (Å²) >= 11 is 24.5. The van der Waals surface area contributed by atoms with E-state index in [0.717, 1.165) is 0 Å². The molecule has 0 amide bonds. The van der Waals surface area contributed by atoms with Crippen molar-refractivity contribution in [2.75, 3.05) is 0 Å². The number of carbonyl (C=O) groups is 2. The van der Waals surface area contributed by atoms with Crippen molar-refractivity contribution in [3.63, 3.8) is 0 Å². The van der Waals surface area contributed by atoms with Gasteiger partial charge in [-0.3, -0.25) is 9.78 Å². The first-order chi connectivity index (χ1) is 13.0. The number of carbonyl (C=O) groups excluding carboxylic acids is 2. The van der Waals surface area contributed by atoms with Crippen LogP contribution in [0.5, 0.6) is 11.5 Å². The zero-order valence-electron chi connectivity index (χ0n) is 14.7. The molecular weight excluding hydrogens is 454 g/mol. The summed E-state index contributed by atoms with van der Waals surface area (Å²) in [5, 5.41) is 0.473. The normalized spacial score (nSPS) is 12.2. The number of hydrogen-bond donors (Lipinski definition) is 0. The van der Waals surface area contributed by atoms with Crippen molar-refractivity contribution in [1.29, 1.82) is 0 Å². The van der Waals surface area contributed by atoms with E-state index < -0.39 is 17.4 Å². The first-order valence-corrected chi connectivity index (χ1v) is 9.31. The molecule has 0 aliphatic carbocycles. The molecule has 1 aliphatic heterocycles. The Kier molecular flexibility index (Phi) is 5.60. The van der Waals surface area contributed by atoms with E-state index in [0.29, 0.717) is 10.6 Å². The molecule has 148 valence electrons.